The summed E-state index contributed by atoms with van der Waals surface area (Å²) in [5.74, 6) is -1.13. The number of carbonyl (C=O) groups is 3. The molecule has 0 unspecified atom stereocenters. The monoisotopic (exact) mass is 626 g/mol. The van der Waals surface area contributed by atoms with Gasteiger partial charge < -0.3 is 14.2 Å². The first-order chi connectivity index (χ1) is 21.2. The Bertz CT molecular complexity index is 1860. The van der Waals surface area contributed by atoms with E-state index in [0.717, 1.165) is 10.8 Å². The van der Waals surface area contributed by atoms with Gasteiger partial charge in [-0.2, -0.15) is 5.10 Å². The number of nitrogens with zero attached hydrogens (tertiary/aromatic N) is 1. The van der Waals surface area contributed by atoms with Gasteiger partial charge in [0.2, 0.25) is 0 Å². The zero-order valence-electron chi connectivity index (χ0n) is 23.2. The lowest BCUT2D eigenvalue weighted by molar-refractivity contribution is -0.127. The molecular weight excluding hydrogens is 603 g/mol. The number of nitrogens with one attached hydrogen (secondary N) is 1. The number of rotatable bonds is 9. The van der Waals surface area contributed by atoms with Gasteiger partial charge in [0.1, 0.15) is 17.2 Å². The summed E-state index contributed by atoms with van der Waals surface area (Å²) in [6, 6.07) is 30.1. The fraction of sp³-hybridized carbons (Fsp3) is 0.0588. The van der Waals surface area contributed by atoms with Crippen LogP contribution in [-0.4, -0.2) is 30.2 Å². The molecule has 220 valence electrons. The normalized spacial score (nSPS) is 11.6. The van der Waals surface area contributed by atoms with Crippen LogP contribution in [0.2, 0.25) is 10.0 Å². The predicted octanol–water partition coefficient (Wildman–Crippen LogP) is 7.50. The van der Waals surface area contributed by atoms with E-state index < -0.39 is 23.9 Å². The molecule has 0 spiro atoms. The molecule has 0 saturated heterocycles. The standard InChI is InChI=1S/C34H24Cl2N2O6/c1-21(42-29-16-10-22-4-2-3-5-25(22)18-29)32(39)38-37-20-26-11-17-30(43-33(40)23-6-12-27(35)13-7-23)19-31(26)44-34(41)24-8-14-28(36)15-9-24/h2-21H,1H3,(H,38,39)/b37-20-/t21-/m0/s1. The highest BCUT2D eigenvalue weighted by molar-refractivity contribution is 6.31. The molecule has 10 heteroatoms. The van der Waals surface area contributed by atoms with Crippen LogP contribution < -0.4 is 19.6 Å². The highest BCUT2D eigenvalue weighted by Gasteiger charge is 2.17. The Kier molecular flexibility index (Phi) is 9.54. The maximum atomic E-state index is 12.9. The Balaban J connectivity index is 1.30. The average Bonchev–Trinajstić information content (AvgIpc) is 3.02. The SMILES string of the molecule is C[C@H](Oc1ccc2ccccc2c1)C(=O)N/N=C\c1ccc(OC(=O)c2ccc(Cl)cc2)cc1OC(=O)c1ccc(Cl)cc1. The van der Waals surface area contributed by atoms with Crippen molar-refractivity contribution in [3.05, 3.63) is 136 Å². The number of amides is 1. The second-order valence-corrected chi connectivity index (χ2v) is 10.4. The van der Waals surface area contributed by atoms with Crippen LogP contribution in [0.5, 0.6) is 17.2 Å². The fourth-order valence-electron chi connectivity index (χ4n) is 4.02. The van der Waals surface area contributed by atoms with Gasteiger partial charge in [0, 0.05) is 21.7 Å². The molecule has 1 N–H and O–H groups in total. The van der Waals surface area contributed by atoms with Crippen LogP contribution in [0.3, 0.4) is 0 Å². The molecule has 0 aliphatic heterocycles. The van der Waals surface area contributed by atoms with Gasteiger partial charge in [-0.05, 0) is 90.5 Å². The molecule has 0 aliphatic rings. The van der Waals surface area contributed by atoms with E-state index in [9.17, 15) is 14.4 Å². The molecule has 44 heavy (non-hydrogen) atoms. The number of carbonyl (C=O) groups excluding carboxylic acids is 3. The molecule has 0 radical (unpaired) electrons. The molecule has 5 aromatic carbocycles. The van der Waals surface area contributed by atoms with E-state index in [1.165, 1.54) is 48.7 Å². The Morgan fingerprint density at radius 2 is 1.30 bits per heavy atom. The maximum Gasteiger partial charge on any atom is 0.343 e. The van der Waals surface area contributed by atoms with Gasteiger partial charge in [-0.15, -0.1) is 0 Å². The zero-order valence-corrected chi connectivity index (χ0v) is 24.7. The molecule has 5 rings (SSSR count). The lowest BCUT2D eigenvalue weighted by Gasteiger charge is -2.13. The second-order valence-electron chi connectivity index (χ2n) is 9.50. The molecular formula is C34H24Cl2N2O6. The second kappa shape index (κ2) is 13.9. The van der Waals surface area contributed by atoms with Crippen molar-refractivity contribution >= 4 is 58.0 Å². The van der Waals surface area contributed by atoms with Crippen LogP contribution in [0.15, 0.2) is 114 Å². The van der Waals surface area contributed by atoms with E-state index in [-0.39, 0.29) is 22.6 Å². The van der Waals surface area contributed by atoms with Crippen LogP contribution >= 0.6 is 23.2 Å². The number of hydrogen-bond donors (Lipinski definition) is 1. The number of esters is 2. The number of hydrazone groups is 1. The summed E-state index contributed by atoms with van der Waals surface area (Å²) in [4.78, 5) is 38.2. The van der Waals surface area contributed by atoms with E-state index in [4.69, 9.17) is 37.4 Å². The predicted molar refractivity (Wildman–Crippen MR) is 169 cm³/mol. The minimum absolute atomic E-state index is 0.0322. The Morgan fingerprint density at radius 3 is 1.95 bits per heavy atom. The van der Waals surface area contributed by atoms with Crippen molar-refractivity contribution in [2.75, 3.05) is 0 Å². The largest absolute Gasteiger partial charge is 0.481 e. The van der Waals surface area contributed by atoms with E-state index in [1.54, 1.807) is 37.3 Å². The van der Waals surface area contributed by atoms with E-state index in [1.807, 2.05) is 36.4 Å². The summed E-state index contributed by atoms with van der Waals surface area (Å²) < 4.78 is 16.9. The van der Waals surface area contributed by atoms with Crippen LogP contribution in [0.1, 0.15) is 33.2 Å². The number of ether oxygens (including phenoxy) is 3. The van der Waals surface area contributed by atoms with E-state index in [2.05, 4.69) is 10.5 Å². The third-order valence-electron chi connectivity index (χ3n) is 6.34. The van der Waals surface area contributed by atoms with Crippen LogP contribution in [-0.2, 0) is 4.79 Å². The Hall–Kier alpha value is -5.18. The molecule has 5 aromatic rings. The fourth-order valence-corrected chi connectivity index (χ4v) is 4.28. The molecule has 1 atom stereocenters. The van der Waals surface area contributed by atoms with E-state index in [0.29, 0.717) is 21.4 Å². The molecule has 1 amide bonds. The number of benzene rings is 5. The third kappa shape index (κ3) is 7.80. The van der Waals surface area contributed by atoms with Gasteiger partial charge in [0.05, 0.1) is 17.3 Å². The van der Waals surface area contributed by atoms with Crippen molar-refractivity contribution in [3.63, 3.8) is 0 Å². The molecule has 8 nitrogen and oxygen atoms in total. The van der Waals surface area contributed by atoms with Gasteiger partial charge in [-0.3, -0.25) is 4.79 Å². The number of halogens is 2. The molecule has 0 bridgehead atoms. The molecule has 0 heterocycles. The van der Waals surface area contributed by atoms with Crippen LogP contribution in [0.4, 0.5) is 0 Å². The Morgan fingerprint density at radius 1 is 0.705 bits per heavy atom. The van der Waals surface area contributed by atoms with Crippen molar-refractivity contribution in [2.45, 2.75) is 13.0 Å². The molecule has 0 fully saturated rings. The number of fused-ring (bicyclic) bond motifs is 1. The molecule has 0 aliphatic carbocycles. The van der Waals surface area contributed by atoms with Crippen molar-refractivity contribution in [2.24, 2.45) is 5.10 Å². The van der Waals surface area contributed by atoms with Gasteiger partial charge in [0.15, 0.2) is 6.10 Å². The molecule has 0 aromatic heterocycles. The average molecular weight is 627 g/mol. The number of hydrogen-bond acceptors (Lipinski definition) is 7. The summed E-state index contributed by atoms with van der Waals surface area (Å²) in [5, 5.41) is 6.99. The first-order valence-corrected chi connectivity index (χ1v) is 14.1. The van der Waals surface area contributed by atoms with Gasteiger partial charge in [-0.25, -0.2) is 15.0 Å². The van der Waals surface area contributed by atoms with Gasteiger partial charge in [0.25, 0.3) is 5.91 Å². The van der Waals surface area contributed by atoms with E-state index >= 15 is 0 Å². The lowest BCUT2D eigenvalue weighted by Crippen LogP contribution is -2.33. The minimum Gasteiger partial charge on any atom is -0.481 e. The van der Waals surface area contributed by atoms with Gasteiger partial charge >= 0.3 is 11.9 Å². The first kappa shape index (κ1) is 30.3. The summed E-state index contributed by atoms with van der Waals surface area (Å²) in [7, 11) is 0. The summed E-state index contributed by atoms with van der Waals surface area (Å²) in [6.45, 7) is 1.60. The third-order valence-corrected chi connectivity index (χ3v) is 6.84. The molecule has 0 saturated carbocycles. The van der Waals surface area contributed by atoms with Crippen molar-refractivity contribution in [3.8, 4) is 17.2 Å². The summed E-state index contributed by atoms with van der Waals surface area (Å²) in [5.41, 5.74) is 3.28. The van der Waals surface area contributed by atoms with Gasteiger partial charge in [-0.1, -0.05) is 53.5 Å². The highest BCUT2D eigenvalue weighted by Crippen LogP contribution is 2.26. The van der Waals surface area contributed by atoms with Crippen LogP contribution in [0.25, 0.3) is 10.8 Å². The van der Waals surface area contributed by atoms with Crippen molar-refractivity contribution < 1.29 is 28.6 Å². The zero-order chi connectivity index (χ0) is 31.1. The highest BCUT2D eigenvalue weighted by atomic mass is 35.5. The van der Waals surface area contributed by atoms with Crippen LogP contribution in [0, 0.1) is 0 Å². The summed E-state index contributed by atoms with van der Waals surface area (Å²) in [6.07, 6.45) is 0.445. The summed E-state index contributed by atoms with van der Waals surface area (Å²) >= 11 is 11.8. The smallest absolute Gasteiger partial charge is 0.343 e. The topological polar surface area (TPSA) is 103 Å². The Labute approximate surface area is 262 Å². The maximum absolute atomic E-state index is 12.9. The minimum atomic E-state index is -0.856. The van der Waals surface area contributed by atoms with Crippen molar-refractivity contribution in [1.29, 1.82) is 0 Å². The van der Waals surface area contributed by atoms with Crippen molar-refractivity contribution in [1.82, 2.24) is 5.43 Å². The first-order valence-electron chi connectivity index (χ1n) is 13.3. The lowest BCUT2D eigenvalue weighted by atomic mass is 10.1. The quantitative estimate of drug-likeness (QED) is 0.0786.